The van der Waals surface area contributed by atoms with E-state index >= 15 is 0 Å². The number of hydrogen-bond acceptors (Lipinski definition) is 2. The molecule has 6 rings (SSSR count). The molecule has 140 valence electrons. The van der Waals surface area contributed by atoms with E-state index in [9.17, 15) is 0 Å². The molecular weight excluding hydrogens is 364 g/mol. The van der Waals surface area contributed by atoms with Gasteiger partial charge in [-0.2, -0.15) is 0 Å². The molecule has 1 aromatic heterocycles. The minimum Gasteiger partial charge on any atom is -0.260 e. The molecule has 0 amide bonds. The van der Waals surface area contributed by atoms with Gasteiger partial charge in [0.2, 0.25) is 0 Å². The maximum Gasteiger partial charge on any atom is 0.0892 e. The maximum atomic E-state index is 4.90. The van der Waals surface area contributed by atoms with E-state index in [1.165, 1.54) is 32.3 Å². The fraction of sp³-hybridized carbons (Fsp3) is 0. The fourth-order valence-corrected chi connectivity index (χ4v) is 4.32. The SMILES string of the molecule is c1ccc(-c2cncc(-c3ccc4c5ccccc5c5ccccc5c4c3)n2)cc1. The summed E-state index contributed by atoms with van der Waals surface area (Å²) in [6.07, 6.45) is 3.67. The highest BCUT2D eigenvalue weighted by Gasteiger charge is 2.10. The Balaban J connectivity index is 1.61. The van der Waals surface area contributed by atoms with Gasteiger partial charge in [-0.1, -0.05) is 91.0 Å². The van der Waals surface area contributed by atoms with Crippen molar-refractivity contribution in [3.05, 3.63) is 109 Å². The van der Waals surface area contributed by atoms with Gasteiger partial charge in [-0.05, 0) is 38.4 Å². The van der Waals surface area contributed by atoms with Crippen molar-refractivity contribution in [2.75, 3.05) is 0 Å². The lowest BCUT2D eigenvalue weighted by molar-refractivity contribution is 1.21. The molecule has 0 N–H and O–H groups in total. The first kappa shape index (κ1) is 16.9. The van der Waals surface area contributed by atoms with Gasteiger partial charge in [0.25, 0.3) is 0 Å². The lowest BCUT2D eigenvalue weighted by Gasteiger charge is -2.12. The van der Waals surface area contributed by atoms with Crippen LogP contribution in [0.25, 0.3) is 54.8 Å². The number of nitrogens with zero attached hydrogens (tertiary/aromatic N) is 2. The van der Waals surface area contributed by atoms with Crippen molar-refractivity contribution in [2.45, 2.75) is 0 Å². The van der Waals surface area contributed by atoms with Crippen LogP contribution in [0, 0.1) is 0 Å². The van der Waals surface area contributed by atoms with Crippen molar-refractivity contribution in [1.82, 2.24) is 9.97 Å². The fourth-order valence-electron chi connectivity index (χ4n) is 4.32. The first-order valence-electron chi connectivity index (χ1n) is 10.1. The van der Waals surface area contributed by atoms with Crippen LogP contribution in [-0.4, -0.2) is 9.97 Å². The van der Waals surface area contributed by atoms with Crippen LogP contribution in [0.3, 0.4) is 0 Å². The van der Waals surface area contributed by atoms with Gasteiger partial charge in [-0.3, -0.25) is 4.98 Å². The van der Waals surface area contributed by atoms with Crippen molar-refractivity contribution in [3.8, 4) is 22.5 Å². The molecule has 5 aromatic carbocycles. The van der Waals surface area contributed by atoms with Crippen LogP contribution in [0.15, 0.2) is 109 Å². The van der Waals surface area contributed by atoms with Crippen LogP contribution in [-0.2, 0) is 0 Å². The van der Waals surface area contributed by atoms with E-state index in [1.54, 1.807) is 0 Å². The predicted molar refractivity (Wildman–Crippen MR) is 125 cm³/mol. The van der Waals surface area contributed by atoms with E-state index in [0.717, 1.165) is 22.5 Å². The average Bonchev–Trinajstić information content (AvgIpc) is 2.84. The molecule has 0 aliphatic carbocycles. The number of fused-ring (bicyclic) bond motifs is 6. The number of rotatable bonds is 2. The first-order chi connectivity index (χ1) is 14.9. The second-order valence-corrected chi connectivity index (χ2v) is 7.51. The summed E-state index contributed by atoms with van der Waals surface area (Å²) in [7, 11) is 0. The molecule has 2 heteroatoms. The maximum absolute atomic E-state index is 4.90. The zero-order valence-corrected chi connectivity index (χ0v) is 16.3. The Morgan fingerprint density at radius 2 is 0.900 bits per heavy atom. The van der Waals surface area contributed by atoms with Crippen LogP contribution in [0.5, 0.6) is 0 Å². The van der Waals surface area contributed by atoms with E-state index in [4.69, 9.17) is 4.98 Å². The Hall–Kier alpha value is -4.04. The molecule has 0 saturated carbocycles. The molecule has 1 heterocycles. The summed E-state index contributed by atoms with van der Waals surface area (Å²) in [6.45, 7) is 0. The monoisotopic (exact) mass is 382 g/mol. The normalized spacial score (nSPS) is 11.3. The van der Waals surface area contributed by atoms with Crippen molar-refractivity contribution in [2.24, 2.45) is 0 Å². The summed E-state index contributed by atoms with van der Waals surface area (Å²) >= 11 is 0. The van der Waals surface area contributed by atoms with Crippen molar-refractivity contribution >= 4 is 32.3 Å². The molecule has 0 aliphatic heterocycles. The van der Waals surface area contributed by atoms with E-state index in [-0.39, 0.29) is 0 Å². The van der Waals surface area contributed by atoms with E-state index in [2.05, 4.69) is 83.8 Å². The summed E-state index contributed by atoms with van der Waals surface area (Å²) in [5.74, 6) is 0. The van der Waals surface area contributed by atoms with Crippen LogP contribution in [0.1, 0.15) is 0 Å². The quantitative estimate of drug-likeness (QED) is 0.294. The minimum absolute atomic E-state index is 0.885. The van der Waals surface area contributed by atoms with Crippen molar-refractivity contribution in [1.29, 1.82) is 0 Å². The number of aromatic nitrogens is 2. The van der Waals surface area contributed by atoms with Gasteiger partial charge in [0.05, 0.1) is 23.8 Å². The van der Waals surface area contributed by atoms with Gasteiger partial charge >= 0.3 is 0 Å². The summed E-state index contributed by atoms with van der Waals surface area (Å²) in [4.78, 5) is 9.37. The van der Waals surface area contributed by atoms with Crippen LogP contribution >= 0.6 is 0 Å². The topological polar surface area (TPSA) is 25.8 Å². The second kappa shape index (κ2) is 6.78. The molecule has 6 aromatic rings. The van der Waals surface area contributed by atoms with Crippen LogP contribution in [0.2, 0.25) is 0 Å². The molecule has 0 fully saturated rings. The summed E-state index contributed by atoms with van der Waals surface area (Å²) < 4.78 is 0. The molecule has 0 unspecified atom stereocenters. The van der Waals surface area contributed by atoms with Crippen LogP contribution < -0.4 is 0 Å². The van der Waals surface area contributed by atoms with Gasteiger partial charge < -0.3 is 0 Å². The third-order valence-electron chi connectivity index (χ3n) is 5.74. The van der Waals surface area contributed by atoms with E-state index in [1.807, 2.05) is 30.6 Å². The summed E-state index contributed by atoms with van der Waals surface area (Å²) in [6, 6.07) is 34.1. The highest BCUT2D eigenvalue weighted by atomic mass is 14.8. The standard InChI is InChI=1S/C28H18N2/c1-2-8-19(9-3-1)27-17-29-18-28(30-27)20-14-15-25-23-12-5-4-10-21(23)22-11-6-7-13-24(22)26(25)16-20/h1-18H. The Morgan fingerprint density at radius 3 is 1.53 bits per heavy atom. The van der Waals surface area contributed by atoms with Gasteiger partial charge in [0.15, 0.2) is 0 Å². The number of benzene rings is 5. The third-order valence-corrected chi connectivity index (χ3v) is 5.74. The Kier molecular flexibility index (Phi) is 3.82. The molecular formula is C28H18N2. The van der Waals surface area contributed by atoms with Gasteiger partial charge in [-0.15, -0.1) is 0 Å². The first-order valence-corrected chi connectivity index (χ1v) is 10.1. The summed E-state index contributed by atoms with van der Waals surface area (Å²) in [5, 5.41) is 7.62. The molecule has 0 atom stereocenters. The molecule has 0 saturated heterocycles. The second-order valence-electron chi connectivity index (χ2n) is 7.51. The van der Waals surface area contributed by atoms with Crippen LogP contribution in [0.4, 0.5) is 0 Å². The number of hydrogen-bond donors (Lipinski definition) is 0. The van der Waals surface area contributed by atoms with Gasteiger partial charge in [0.1, 0.15) is 0 Å². The largest absolute Gasteiger partial charge is 0.260 e. The smallest absolute Gasteiger partial charge is 0.0892 e. The molecule has 0 radical (unpaired) electrons. The Morgan fingerprint density at radius 1 is 0.400 bits per heavy atom. The van der Waals surface area contributed by atoms with E-state index in [0.29, 0.717) is 0 Å². The molecule has 0 spiro atoms. The molecule has 0 aliphatic rings. The lowest BCUT2D eigenvalue weighted by atomic mass is 9.93. The zero-order chi connectivity index (χ0) is 19.9. The molecule has 2 nitrogen and oxygen atoms in total. The highest BCUT2D eigenvalue weighted by molar-refractivity contribution is 6.25. The minimum atomic E-state index is 0.885. The molecule has 30 heavy (non-hydrogen) atoms. The van der Waals surface area contributed by atoms with Gasteiger partial charge in [0, 0.05) is 11.1 Å². The summed E-state index contributed by atoms with van der Waals surface area (Å²) in [5.41, 5.74) is 3.92. The highest BCUT2D eigenvalue weighted by Crippen LogP contribution is 2.36. The Bertz CT molecular complexity index is 1500. The van der Waals surface area contributed by atoms with Crippen molar-refractivity contribution in [3.63, 3.8) is 0 Å². The van der Waals surface area contributed by atoms with E-state index < -0.39 is 0 Å². The zero-order valence-electron chi connectivity index (χ0n) is 16.3. The van der Waals surface area contributed by atoms with Gasteiger partial charge in [-0.25, -0.2) is 4.98 Å². The average molecular weight is 382 g/mol. The molecule has 0 bridgehead atoms. The third kappa shape index (κ3) is 2.66. The predicted octanol–water partition coefficient (Wildman–Crippen LogP) is 7.27. The Labute approximate surface area is 174 Å². The lowest BCUT2D eigenvalue weighted by Crippen LogP contribution is -1.91. The van der Waals surface area contributed by atoms with Crippen molar-refractivity contribution < 1.29 is 0 Å².